The molecule has 1 aliphatic rings. The first kappa shape index (κ1) is 21.6. The van der Waals surface area contributed by atoms with Crippen molar-refractivity contribution >= 4 is 23.0 Å². The van der Waals surface area contributed by atoms with Crippen LogP contribution in [0.5, 0.6) is 0 Å². The SMILES string of the molecule is CC(=O)/C(=C(/O)C1(C)CCCCCC1)c1cc(C)c(-c2ccc(Cl)cc2)cc1C. The van der Waals surface area contributed by atoms with Crippen LogP contribution in [-0.4, -0.2) is 10.9 Å². The number of carbonyl (C=O) groups is 1. The number of ketones is 1. The summed E-state index contributed by atoms with van der Waals surface area (Å²) in [6, 6.07) is 12.0. The van der Waals surface area contributed by atoms with E-state index in [0.29, 0.717) is 10.6 Å². The fraction of sp³-hybridized carbons (Fsp3) is 0.423. The van der Waals surface area contributed by atoms with Crippen LogP contribution in [0.25, 0.3) is 16.7 Å². The number of aliphatic hydroxyl groups is 1. The lowest BCUT2D eigenvalue weighted by Crippen LogP contribution is -2.22. The third-order valence-corrected chi connectivity index (χ3v) is 6.62. The molecule has 0 unspecified atom stereocenters. The number of carbonyl (C=O) groups excluding carboxylic acids is 1. The molecule has 2 aromatic carbocycles. The summed E-state index contributed by atoms with van der Waals surface area (Å²) in [5, 5.41) is 12.0. The summed E-state index contributed by atoms with van der Waals surface area (Å²) in [6.07, 6.45) is 6.45. The number of aryl methyl sites for hydroxylation is 2. The average molecular weight is 411 g/mol. The van der Waals surface area contributed by atoms with Crippen LogP contribution in [0.1, 0.15) is 69.1 Å². The average Bonchev–Trinajstić information content (AvgIpc) is 2.90. The Bertz CT molecular complexity index is 930. The summed E-state index contributed by atoms with van der Waals surface area (Å²) in [7, 11) is 0. The van der Waals surface area contributed by atoms with Crippen molar-refractivity contribution in [2.24, 2.45) is 5.41 Å². The molecule has 154 valence electrons. The number of hydrogen-bond acceptors (Lipinski definition) is 2. The van der Waals surface area contributed by atoms with Gasteiger partial charge in [0.1, 0.15) is 5.76 Å². The first-order valence-electron chi connectivity index (χ1n) is 10.5. The Balaban J connectivity index is 2.12. The zero-order valence-electron chi connectivity index (χ0n) is 17.9. The van der Waals surface area contributed by atoms with E-state index >= 15 is 0 Å². The molecule has 0 heterocycles. The van der Waals surface area contributed by atoms with Gasteiger partial charge in [0.15, 0.2) is 5.78 Å². The Morgan fingerprint density at radius 2 is 1.55 bits per heavy atom. The molecule has 0 radical (unpaired) electrons. The molecule has 1 N–H and O–H groups in total. The van der Waals surface area contributed by atoms with Crippen molar-refractivity contribution in [2.75, 3.05) is 0 Å². The first-order valence-corrected chi connectivity index (χ1v) is 10.9. The van der Waals surface area contributed by atoms with Crippen LogP contribution in [0, 0.1) is 19.3 Å². The number of Topliss-reactive ketones (excluding diaryl/α,β-unsaturated/α-hetero) is 1. The second kappa shape index (κ2) is 8.75. The van der Waals surface area contributed by atoms with Crippen molar-refractivity contribution in [1.29, 1.82) is 0 Å². The molecule has 2 nitrogen and oxygen atoms in total. The van der Waals surface area contributed by atoms with Crippen LogP contribution in [0.15, 0.2) is 42.2 Å². The largest absolute Gasteiger partial charge is 0.511 e. The molecular formula is C26H31ClO2. The molecular weight excluding hydrogens is 380 g/mol. The molecule has 1 fully saturated rings. The third-order valence-electron chi connectivity index (χ3n) is 6.36. The van der Waals surface area contributed by atoms with Crippen LogP contribution in [-0.2, 0) is 4.79 Å². The highest BCUT2D eigenvalue weighted by atomic mass is 35.5. The predicted molar refractivity (Wildman–Crippen MR) is 122 cm³/mol. The summed E-state index contributed by atoms with van der Waals surface area (Å²) < 4.78 is 0. The highest BCUT2D eigenvalue weighted by Crippen LogP contribution is 2.43. The van der Waals surface area contributed by atoms with Gasteiger partial charge in [0.2, 0.25) is 0 Å². The second-order valence-electron chi connectivity index (χ2n) is 8.74. The molecule has 2 aromatic rings. The van der Waals surface area contributed by atoms with Crippen molar-refractivity contribution in [1.82, 2.24) is 0 Å². The Labute approximate surface area is 179 Å². The fourth-order valence-corrected chi connectivity index (χ4v) is 4.68. The number of benzene rings is 2. The van der Waals surface area contributed by atoms with Crippen molar-refractivity contribution < 1.29 is 9.90 Å². The van der Waals surface area contributed by atoms with Crippen LogP contribution in [0.2, 0.25) is 5.02 Å². The number of allylic oxidation sites excluding steroid dienone is 2. The van der Waals surface area contributed by atoms with E-state index in [1.54, 1.807) is 6.92 Å². The van der Waals surface area contributed by atoms with Gasteiger partial charge in [-0.15, -0.1) is 0 Å². The molecule has 0 saturated heterocycles. The van der Waals surface area contributed by atoms with Crippen molar-refractivity contribution in [3.63, 3.8) is 0 Å². The highest BCUT2D eigenvalue weighted by Gasteiger charge is 2.34. The molecule has 0 aromatic heterocycles. The molecule has 29 heavy (non-hydrogen) atoms. The Hall–Kier alpha value is -2.06. The predicted octanol–water partition coefficient (Wildman–Crippen LogP) is 7.84. The number of halogens is 1. The lowest BCUT2D eigenvalue weighted by Gasteiger charge is -2.30. The van der Waals surface area contributed by atoms with Crippen LogP contribution in [0.4, 0.5) is 0 Å². The topological polar surface area (TPSA) is 37.3 Å². The first-order chi connectivity index (χ1) is 13.7. The zero-order chi connectivity index (χ0) is 21.2. The summed E-state index contributed by atoms with van der Waals surface area (Å²) in [6.45, 7) is 7.74. The molecule has 0 amide bonds. The maximum absolute atomic E-state index is 12.7. The van der Waals surface area contributed by atoms with E-state index in [9.17, 15) is 9.90 Å². The molecule has 0 aliphatic heterocycles. The summed E-state index contributed by atoms with van der Waals surface area (Å²) >= 11 is 6.03. The molecule has 1 aliphatic carbocycles. The van der Waals surface area contributed by atoms with E-state index in [1.165, 1.54) is 12.8 Å². The lowest BCUT2D eigenvalue weighted by atomic mass is 9.76. The Kier molecular flexibility index (Phi) is 6.53. The van der Waals surface area contributed by atoms with E-state index in [1.807, 2.05) is 37.3 Å². The van der Waals surface area contributed by atoms with Gasteiger partial charge in [-0.2, -0.15) is 0 Å². The molecule has 0 atom stereocenters. The van der Waals surface area contributed by atoms with Gasteiger partial charge in [-0.25, -0.2) is 0 Å². The maximum Gasteiger partial charge on any atom is 0.163 e. The minimum Gasteiger partial charge on any atom is -0.511 e. The molecule has 3 heteroatoms. The molecule has 1 saturated carbocycles. The van der Waals surface area contributed by atoms with Gasteiger partial charge in [0.25, 0.3) is 0 Å². The van der Waals surface area contributed by atoms with Crippen LogP contribution < -0.4 is 0 Å². The summed E-state index contributed by atoms with van der Waals surface area (Å²) in [5.74, 6) is 0.198. The highest BCUT2D eigenvalue weighted by molar-refractivity contribution is 6.30. The molecule has 0 spiro atoms. The van der Waals surface area contributed by atoms with Gasteiger partial charge in [-0.3, -0.25) is 4.79 Å². The minimum absolute atomic E-state index is 0.0743. The van der Waals surface area contributed by atoms with Gasteiger partial charge in [-0.05, 0) is 73.6 Å². The normalized spacial score (nSPS) is 17.4. The quantitative estimate of drug-likeness (QED) is 0.316. The lowest BCUT2D eigenvalue weighted by molar-refractivity contribution is -0.112. The van der Waals surface area contributed by atoms with Gasteiger partial charge in [0, 0.05) is 10.4 Å². The van der Waals surface area contributed by atoms with Gasteiger partial charge < -0.3 is 5.11 Å². The van der Waals surface area contributed by atoms with Crippen LogP contribution >= 0.6 is 11.6 Å². The second-order valence-corrected chi connectivity index (χ2v) is 9.18. The van der Waals surface area contributed by atoms with Gasteiger partial charge in [0.05, 0.1) is 5.57 Å². The monoisotopic (exact) mass is 410 g/mol. The smallest absolute Gasteiger partial charge is 0.163 e. The minimum atomic E-state index is -0.327. The Morgan fingerprint density at radius 3 is 2.10 bits per heavy atom. The number of hydrogen-bond donors (Lipinski definition) is 1. The number of rotatable bonds is 4. The van der Waals surface area contributed by atoms with E-state index < -0.39 is 0 Å². The Morgan fingerprint density at radius 1 is 0.966 bits per heavy atom. The molecule has 3 rings (SSSR count). The fourth-order valence-electron chi connectivity index (χ4n) is 4.56. The van der Waals surface area contributed by atoms with Crippen molar-refractivity contribution in [3.8, 4) is 11.1 Å². The zero-order valence-corrected chi connectivity index (χ0v) is 18.7. The number of aliphatic hydroxyl groups excluding tert-OH is 1. The van der Waals surface area contributed by atoms with E-state index in [2.05, 4.69) is 19.9 Å². The van der Waals surface area contributed by atoms with Crippen molar-refractivity contribution in [2.45, 2.75) is 66.2 Å². The standard InChI is InChI=1S/C26H31ClO2/c1-17-16-23(18(2)15-22(17)20-9-11-21(27)12-10-20)24(19(3)28)25(29)26(4)13-7-5-6-8-14-26/h9-12,15-16,29H,5-8,13-14H2,1-4H3/b25-24-. The van der Waals surface area contributed by atoms with Gasteiger partial charge >= 0.3 is 0 Å². The van der Waals surface area contributed by atoms with E-state index in [0.717, 1.165) is 53.5 Å². The van der Waals surface area contributed by atoms with E-state index in [4.69, 9.17) is 11.6 Å². The van der Waals surface area contributed by atoms with Gasteiger partial charge in [-0.1, -0.05) is 68.5 Å². The van der Waals surface area contributed by atoms with Crippen LogP contribution in [0.3, 0.4) is 0 Å². The third kappa shape index (κ3) is 4.59. The maximum atomic E-state index is 12.7. The summed E-state index contributed by atoms with van der Waals surface area (Å²) in [5.41, 5.74) is 5.28. The van der Waals surface area contributed by atoms with Crippen molar-refractivity contribution in [3.05, 3.63) is 63.9 Å². The summed E-state index contributed by atoms with van der Waals surface area (Å²) in [4.78, 5) is 12.7. The molecule has 0 bridgehead atoms. The van der Waals surface area contributed by atoms with E-state index in [-0.39, 0.29) is 17.0 Å².